The number of sulfonamides is 1. The van der Waals surface area contributed by atoms with Crippen LogP contribution in [0.4, 0.5) is 5.82 Å². The van der Waals surface area contributed by atoms with Gasteiger partial charge in [0.05, 0.1) is 18.4 Å². The Labute approximate surface area is 122 Å². The van der Waals surface area contributed by atoms with Crippen LogP contribution in [0, 0.1) is 0 Å². The van der Waals surface area contributed by atoms with Crippen LogP contribution < -0.4 is 4.72 Å². The van der Waals surface area contributed by atoms with Crippen LogP contribution in [0.1, 0.15) is 5.56 Å². The smallest absolute Gasteiger partial charge is 0.309 e. The number of hydrogen-bond donors (Lipinski definition) is 1. The zero-order chi connectivity index (χ0) is 15.3. The molecule has 2 aromatic rings. The van der Waals surface area contributed by atoms with E-state index in [1.807, 2.05) is 0 Å². The second-order valence-electron chi connectivity index (χ2n) is 4.22. The van der Waals surface area contributed by atoms with Crippen molar-refractivity contribution < 1.29 is 17.9 Å². The van der Waals surface area contributed by atoms with Gasteiger partial charge in [0.2, 0.25) is 0 Å². The molecule has 1 aromatic carbocycles. The average molecular weight is 306 g/mol. The van der Waals surface area contributed by atoms with Crippen molar-refractivity contribution >= 4 is 21.8 Å². The molecule has 0 fully saturated rings. The number of nitrogens with one attached hydrogen (secondary N) is 1. The van der Waals surface area contributed by atoms with Crippen molar-refractivity contribution in [2.24, 2.45) is 0 Å². The maximum Gasteiger partial charge on any atom is 0.309 e. The van der Waals surface area contributed by atoms with Crippen LogP contribution in [0.2, 0.25) is 0 Å². The van der Waals surface area contributed by atoms with Crippen molar-refractivity contribution in [3.63, 3.8) is 0 Å². The number of aromatic nitrogens is 1. The Morgan fingerprint density at radius 2 is 1.90 bits per heavy atom. The Bertz CT molecular complexity index is 712. The van der Waals surface area contributed by atoms with Crippen LogP contribution in [0.5, 0.6) is 0 Å². The van der Waals surface area contributed by atoms with E-state index in [-0.39, 0.29) is 23.1 Å². The quantitative estimate of drug-likeness (QED) is 0.848. The summed E-state index contributed by atoms with van der Waals surface area (Å²) in [5, 5.41) is 0. The molecule has 7 heteroatoms. The van der Waals surface area contributed by atoms with Gasteiger partial charge in [-0.2, -0.15) is 0 Å². The van der Waals surface area contributed by atoms with E-state index in [0.717, 1.165) is 0 Å². The van der Waals surface area contributed by atoms with Gasteiger partial charge >= 0.3 is 5.97 Å². The maximum absolute atomic E-state index is 12.1. The highest BCUT2D eigenvalue weighted by molar-refractivity contribution is 7.92. The molecule has 0 aliphatic rings. The lowest BCUT2D eigenvalue weighted by Gasteiger charge is -2.07. The molecular formula is C14H14N2O4S. The molecule has 6 nitrogen and oxygen atoms in total. The minimum absolute atomic E-state index is 0.0989. The number of esters is 1. The van der Waals surface area contributed by atoms with Crippen molar-refractivity contribution in [3.8, 4) is 0 Å². The second-order valence-corrected chi connectivity index (χ2v) is 5.90. The number of rotatable bonds is 5. The number of carbonyl (C=O) groups excluding carboxylic acids is 1. The number of hydrogen-bond acceptors (Lipinski definition) is 5. The Balaban J connectivity index is 2.15. The van der Waals surface area contributed by atoms with E-state index >= 15 is 0 Å². The first-order valence-electron chi connectivity index (χ1n) is 6.11. The first-order valence-corrected chi connectivity index (χ1v) is 7.59. The van der Waals surface area contributed by atoms with Crippen LogP contribution in [-0.2, 0) is 26.0 Å². The van der Waals surface area contributed by atoms with Crippen molar-refractivity contribution in [2.75, 3.05) is 11.8 Å². The van der Waals surface area contributed by atoms with Gasteiger partial charge in [-0.1, -0.05) is 18.2 Å². The molecule has 0 amide bonds. The maximum atomic E-state index is 12.1. The highest BCUT2D eigenvalue weighted by Crippen LogP contribution is 2.15. The molecule has 0 aliphatic carbocycles. The summed E-state index contributed by atoms with van der Waals surface area (Å²) in [5.74, 6) is -0.131. The summed E-state index contributed by atoms with van der Waals surface area (Å²) >= 11 is 0. The van der Waals surface area contributed by atoms with E-state index in [1.165, 1.54) is 25.4 Å². The normalized spacial score (nSPS) is 10.9. The van der Waals surface area contributed by atoms with Gasteiger partial charge in [0.15, 0.2) is 0 Å². The summed E-state index contributed by atoms with van der Waals surface area (Å²) in [6, 6.07) is 11.0. The van der Waals surface area contributed by atoms with Crippen molar-refractivity contribution in [1.29, 1.82) is 0 Å². The van der Waals surface area contributed by atoms with Gasteiger partial charge in [-0.05, 0) is 29.8 Å². The van der Waals surface area contributed by atoms with E-state index in [4.69, 9.17) is 0 Å². The van der Waals surface area contributed by atoms with Crippen LogP contribution in [-0.4, -0.2) is 26.5 Å². The molecule has 0 aliphatic heterocycles. The Morgan fingerprint density at radius 3 is 2.48 bits per heavy atom. The third-order valence-corrected chi connectivity index (χ3v) is 4.08. The Morgan fingerprint density at radius 1 is 1.19 bits per heavy atom. The summed E-state index contributed by atoms with van der Waals surface area (Å²) in [5.41, 5.74) is 0.679. The molecule has 1 aromatic heterocycles. The van der Waals surface area contributed by atoms with Gasteiger partial charge in [-0.25, -0.2) is 13.4 Å². The summed E-state index contributed by atoms with van der Waals surface area (Å²) in [6.45, 7) is 0. The van der Waals surface area contributed by atoms with E-state index in [2.05, 4.69) is 14.4 Å². The van der Waals surface area contributed by atoms with Crippen LogP contribution in [0.15, 0.2) is 53.6 Å². The molecule has 110 valence electrons. The number of pyridine rings is 1. The van der Waals surface area contributed by atoms with Gasteiger partial charge in [0.25, 0.3) is 10.0 Å². The number of methoxy groups -OCH3 is 1. The predicted octanol–water partition coefficient (Wildman–Crippen LogP) is 1.60. The molecule has 0 saturated carbocycles. The topological polar surface area (TPSA) is 85.4 Å². The molecule has 0 unspecified atom stereocenters. The predicted molar refractivity (Wildman–Crippen MR) is 77.2 cm³/mol. The summed E-state index contributed by atoms with van der Waals surface area (Å²) in [6.07, 6.45) is 1.60. The molecular weight excluding hydrogens is 292 g/mol. The van der Waals surface area contributed by atoms with E-state index in [9.17, 15) is 13.2 Å². The largest absolute Gasteiger partial charge is 0.469 e. The molecule has 1 heterocycles. The van der Waals surface area contributed by atoms with Gasteiger partial charge in [0, 0.05) is 6.20 Å². The molecule has 0 spiro atoms. The lowest BCUT2D eigenvalue weighted by molar-refractivity contribution is -0.139. The van der Waals surface area contributed by atoms with Crippen LogP contribution in [0.25, 0.3) is 0 Å². The molecule has 0 saturated heterocycles. The average Bonchev–Trinajstić information content (AvgIpc) is 2.48. The highest BCUT2D eigenvalue weighted by Gasteiger charge is 2.14. The highest BCUT2D eigenvalue weighted by atomic mass is 32.2. The van der Waals surface area contributed by atoms with E-state index in [1.54, 1.807) is 30.3 Å². The van der Waals surface area contributed by atoms with Crippen molar-refractivity contribution in [2.45, 2.75) is 11.3 Å². The number of ether oxygens (including phenoxy) is 1. The van der Waals surface area contributed by atoms with Gasteiger partial charge < -0.3 is 4.74 Å². The zero-order valence-electron chi connectivity index (χ0n) is 11.3. The number of benzene rings is 1. The number of carbonyl (C=O) groups is 1. The van der Waals surface area contributed by atoms with E-state index in [0.29, 0.717) is 5.56 Å². The zero-order valence-corrected chi connectivity index (χ0v) is 12.1. The van der Waals surface area contributed by atoms with Gasteiger partial charge in [-0.15, -0.1) is 0 Å². The molecule has 2 rings (SSSR count). The summed E-state index contributed by atoms with van der Waals surface area (Å²) in [7, 11) is -2.39. The molecule has 21 heavy (non-hydrogen) atoms. The van der Waals surface area contributed by atoms with Crippen molar-refractivity contribution in [1.82, 2.24) is 4.98 Å². The number of anilines is 1. The fourth-order valence-corrected chi connectivity index (χ4v) is 2.65. The lowest BCUT2D eigenvalue weighted by atomic mass is 10.2. The monoisotopic (exact) mass is 306 g/mol. The minimum Gasteiger partial charge on any atom is -0.469 e. The molecule has 0 radical (unpaired) electrons. The van der Waals surface area contributed by atoms with Gasteiger partial charge in [0.1, 0.15) is 5.82 Å². The Hall–Kier alpha value is -2.41. The molecule has 0 bridgehead atoms. The van der Waals surface area contributed by atoms with Crippen molar-refractivity contribution in [3.05, 3.63) is 54.2 Å². The van der Waals surface area contributed by atoms with Crippen LogP contribution >= 0.6 is 0 Å². The Kier molecular flexibility index (Phi) is 4.54. The van der Waals surface area contributed by atoms with E-state index < -0.39 is 10.0 Å². The van der Waals surface area contributed by atoms with Gasteiger partial charge in [-0.3, -0.25) is 9.52 Å². The fourth-order valence-electron chi connectivity index (χ4n) is 1.65. The third kappa shape index (κ3) is 4.03. The standard InChI is InChI=1S/C14H14N2O4S/c1-20-14(17)10-11-5-7-12(8-6-11)21(18,19)16-13-4-2-3-9-15-13/h2-9H,10H2,1H3,(H,15,16). The summed E-state index contributed by atoms with van der Waals surface area (Å²) < 4.78 is 31.2. The SMILES string of the molecule is COC(=O)Cc1ccc(S(=O)(=O)Nc2ccccn2)cc1. The minimum atomic E-state index is -3.69. The van der Waals surface area contributed by atoms with Crippen LogP contribution in [0.3, 0.4) is 0 Å². The fraction of sp³-hybridized carbons (Fsp3) is 0.143. The lowest BCUT2D eigenvalue weighted by Crippen LogP contribution is -2.14. The summed E-state index contributed by atoms with van der Waals surface area (Å²) in [4.78, 5) is 15.1. The first-order chi connectivity index (χ1) is 10.0. The number of nitrogens with zero attached hydrogens (tertiary/aromatic N) is 1. The second kappa shape index (κ2) is 6.36. The first kappa shape index (κ1) is 15.0. The molecule has 1 N–H and O–H groups in total. The third-order valence-electron chi connectivity index (χ3n) is 2.71. The molecule has 0 atom stereocenters.